The van der Waals surface area contributed by atoms with Crippen LogP contribution in [0.15, 0.2) is 0 Å². The molecule has 0 aliphatic heterocycles. The highest BCUT2D eigenvalue weighted by Crippen LogP contribution is 2.08. The molecule has 0 heterocycles. The predicted molar refractivity (Wildman–Crippen MR) is 58.1 cm³/mol. The van der Waals surface area contributed by atoms with Crippen molar-refractivity contribution in [3.63, 3.8) is 0 Å². The smallest absolute Gasteiger partial charge is 0.248 e. The number of rotatable bonds is 8. The average molecular weight is 201 g/mol. The molecule has 0 saturated carbocycles. The van der Waals surface area contributed by atoms with Crippen molar-refractivity contribution < 1.29 is 9.90 Å². The topological polar surface area (TPSA) is 49.3 Å². The molecule has 1 unspecified atom stereocenters. The van der Waals surface area contributed by atoms with Crippen molar-refractivity contribution in [2.45, 2.75) is 58.0 Å². The first-order valence-electron chi connectivity index (χ1n) is 5.62. The van der Waals surface area contributed by atoms with Gasteiger partial charge in [0.25, 0.3) is 0 Å². The molecule has 0 aromatic carbocycles. The Hall–Kier alpha value is -0.570. The van der Waals surface area contributed by atoms with Gasteiger partial charge in [0.05, 0.1) is 0 Å². The minimum Gasteiger partial charge on any atom is -0.383 e. The van der Waals surface area contributed by atoms with Gasteiger partial charge in [-0.2, -0.15) is 0 Å². The van der Waals surface area contributed by atoms with Crippen molar-refractivity contribution in [2.75, 3.05) is 7.05 Å². The Labute approximate surface area is 86.9 Å². The quantitative estimate of drug-likeness (QED) is 0.589. The number of hydrogen-bond acceptors (Lipinski definition) is 2. The van der Waals surface area contributed by atoms with Gasteiger partial charge >= 0.3 is 0 Å². The highest BCUT2D eigenvalue weighted by atomic mass is 16.3. The summed E-state index contributed by atoms with van der Waals surface area (Å²) in [5.74, 6) is -0.265. The largest absolute Gasteiger partial charge is 0.383 e. The van der Waals surface area contributed by atoms with Gasteiger partial charge in [-0.05, 0) is 6.42 Å². The van der Waals surface area contributed by atoms with E-state index in [9.17, 15) is 9.90 Å². The molecule has 0 rings (SSSR count). The minimum absolute atomic E-state index is 0.265. The molecule has 0 saturated heterocycles. The zero-order valence-electron chi connectivity index (χ0n) is 9.38. The molecule has 1 amide bonds. The maximum absolute atomic E-state index is 10.9. The molecule has 0 aliphatic rings. The van der Waals surface area contributed by atoms with Crippen LogP contribution in [0.3, 0.4) is 0 Å². The lowest BCUT2D eigenvalue weighted by Gasteiger charge is -2.08. The van der Waals surface area contributed by atoms with Crippen LogP contribution < -0.4 is 5.32 Å². The van der Waals surface area contributed by atoms with E-state index in [1.807, 2.05) is 0 Å². The number of carbonyl (C=O) groups is 1. The first kappa shape index (κ1) is 13.4. The third-order valence-corrected chi connectivity index (χ3v) is 2.38. The van der Waals surface area contributed by atoms with Crippen molar-refractivity contribution in [2.24, 2.45) is 0 Å². The Morgan fingerprint density at radius 3 is 2.36 bits per heavy atom. The van der Waals surface area contributed by atoms with Crippen LogP contribution in [0.4, 0.5) is 0 Å². The van der Waals surface area contributed by atoms with Gasteiger partial charge in [-0.3, -0.25) is 4.79 Å². The Morgan fingerprint density at radius 1 is 1.21 bits per heavy atom. The van der Waals surface area contributed by atoms with Gasteiger partial charge in [-0.15, -0.1) is 0 Å². The van der Waals surface area contributed by atoms with Crippen molar-refractivity contribution in [1.29, 1.82) is 0 Å². The summed E-state index contributed by atoms with van der Waals surface area (Å²) in [5.41, 5.74) is 0. The number of aliphatic hydroxyl groups excluding tert-OH is 1. The lowest BCUT2D eigenvalue weighted by atomic mass is 10.1. The second-order valence-electron chi connectivity index (χ2n) is 3.69. The highest BCUT2D eigenvalue weighted by molar-refractivity contribution is 5.79. The van der Waals surface area contributed by atoms with E-state index in [1.165, 1.54) is 25.7 Å². The van der Waals surface area contributed by atoms with Gasteiger partial charge in [0.15, 0.2) is 0 Å². The number of likely N-dealkylation sites (N-methyl/N-ethyl adjacent to an activating group) is 1. The molecule has 0 bridgehead atoms. The lowest BCUT2D eigenvalue weighted by Crippen LogP contribution is -2.31. The zero-order chi connectivity index (χ0) is 10.8. The molecule has 2 N–H and O–H groups in total. The molecule has 0 radical (unpaired) electrons. The van der Waals surface area contributed by atoms with E-state index in [0.717, 1.165) is 12.8 Å². The fourth-order valence-corrected chi connectivity index (χ4v) is 1.42. The SMILES string of the molecule is CCCCCCCCC(O)C(=O)NC. The van der Waals surface area contributed by atoms with Crippen molar-refractivity contribution >= 4 is 5.91 Å². The van der Waals surface area contributed by atoms with Crippen LogP contribution in [0.5, 0.6) is 0 Å². The fraction of sp³-hybridized carbons (Fsp3) is 0.909. The van der Waals surface area contributed by atoms with Gasteiger partial charge in [-0.1, -0.05) is 45.4 Å². The van der Waals surface area contributed by atoms with Gasteiger partial charge in [0.2, 0.25) is 5.91 Å². The molecule has 84 valence electrons. The van der Waals surface area contributed by atoms with Crippen molar-refractivity contribution in [3.8, 4) is 0 Å². The van der Waals surface area contributed by atoms with Gasteiger partial charge in [0.1, 0.15) is 6.10 Å². The van der Waals surface area contributed by atoms with Crippen LogP contribution in [-0.4, -0.2) is 24.2 Å². The fourth-order valence-electron chi connectivity index (χ4n) is 1.42. The standard InChI is InChI=1S/C11H23NO2/c1-3-4-5-6-7-8-9-10(13)11(14)12-2/h10,13H,3-9H2,1-2H3,(H,12,14). The van der Waals surface area contributed by atoms with Gasteiger partial charge < -0.3 is 10.4 Å². The first-order chi connectivity index (χ1) is 6.72. The molecule has 3 heteroatoms. The number of nitrogens with one attached hydrogen (secondary N) is 1. The molecule has 0 aromatic rings. The number of hydrogen-bond donors (Lipinski definition) is 2. The normalized spacial score (nSPS) is 12.5. The first-order valence-corrected chi connectivity index (χ1v) is 5.62. The van der Waals surface area contributed by atoms with E-state index in [4.69, 9.17) is 0 Å². The number of unbranched alkanes of at least 4 members (excludes halogenated alkanes) is 5. The molecular weight excluding hydrogens is 178 g/mol. The van der Waals surface area contributed by atoms with Crippen LogP contribution in [0.1, 0.15) is 51.9 Å². The summed E-state index contributed by atoms with van der Waals surface area (Å²) in [4.78, 5) is 10.9. The summed E-state index contributed by atoms with van der Waals surface area (Å²) in [7, 11) is 1.55. The lowest BCUT2D eigenvalue weighted by molar-refractivity contribution is -0.129. The van der Waals surface area contributed by atoms with E-state index >= 15 is 0 Å². The molecule has 0 aliphatic carbocycles. The van der Waals surface area contributed by atoms with Crippen molar-refractivity contribution in [1.82, 2.24) is 5.32 Å². The molecule has 1 atom stereocenters. The molecule has 14 heavy (non-hydrogen) atoms. The summed E-state index contributed by atoms with van der Waals surface area (Å²) < 4.78 is 0. The Kier molecular flexibility index (Phi) is 8.64. The second-order valence-corrected chi connectivity index (χ2v) is 3.69. The number of amides is 1. The highest BCUT2D eigenvalue weighted by Gasteiger charge is 2.11. The second kappa shape index (κ2) is 9.00. The van der Waals surface area contributed by atoms with E-state index in [2.05, 4.69) is 12.2 Å². The Morgan fingerprint density at radius 2 is 1.79 bits per heavy atom. The average Bonchev–Trinajstić information content (AvgIpc) is 2.21. The minimum atomic E-state index is -0.814. The Balaban J connectivity index is 3.23. The summed E-state index contributed by atoms with van der Waals surface area (Å²) in [6.45, 7) is 2.19. The van der Waals surface area contributed by atoms with E-state index < -0.39 is 6.10 Å². The van der Waals surface area contributed by atoms with Crippen LogP contribution >= 0.6 is 0 Å². The summed E-state index contributed by atoms with van der Waals surface area (Å²) >= 11 is 0. The van der Waals surface area contributed by atoms with Crippen LogP contribution in [0.25, 0.3) is 0 Å². The number of carbonyl (C=O) groups excluding carboxylic acids is 1. The maximum atomic E-state index is 10.9. The van der Waals surface area contributed by atoms with Crippen LogP contribution in [-0.2, 0) is 4.79 Å². The molecule has 0 spiro atoms. The van der Waals surface area contributed by atoms with Crippen LogP contribution in [0.2, 0.25) is 0 Å². The predicted octanol–water partition coefficient (Wildman–Crippen LogP) is 1.84. The van der Waals surface area contributed by atoms with Crippen molar-refractivity contribution in [3.05, 3.63) is 0 Å². The Bertz CT molecular complexity index is 148. The molecular formula is C11H23NO2. The van der Waals surface area contributed by atoms with Gasteiger partial charge in [-0.25, -0.2) is 0 Å². The third-order valence-electron chi connectivity index (χ3n) is 2.38. The van der Waals surface area contributed by atoms with E-state index in [1.54, 1.807) is 7.05 Å². The summed E-state index contributed by atoms with van der Waals surface area (Å²) in [6, 6.07) is 0. The number of aliphatic hydroxyl groups is 1. The summed E-state index contributed by atoms with van der Waals surface area (Å²) in [6.07, 6.45) is 6.86. The summed E-state index contributed by atoms with van der Waals surface area (Å²) in [5, 5.41) is 11.7. The third kappa shape index (κ3) is 6.89. The monoisotopic (exact) mass is 201 g/mol. The maximum Gasteiger partial charge on any atom is 0.248 e. The van der Waals surface area contributed by atoms with E-state index in [-0.39, 0.29) is 5.91 Å². The molecule has 0 aromatic heterocycles. The van der Waals surface area contributed by atoms with E-state index in [0.29, 0.717) is 6.42 Å². The molecule has 3 nitrogen and oxygen atoms in total. The zero-order valence-corrected chi connectivity index (χ0v) is 9.38. The molecule has 0 fully saturated rings. The van der Waals surface area contributed by atoms with Gasteiger partial charge in [0, 0.05) is 7.05 Å². The van der Waals surface area contributed by atoms with Crippen LogP contribution in [0, 0.1) is 0 Å².